The highest BCUT2D eigenvalue weighted by atomic mass is 35.5. The third-order valence-corrected chi connectivity index (χ3v) is 3.84. The summed E-state index contributed by atoms with van der Waals surface area (Å²) in [5.41, 5.74) is 1.23. The van der Waals surface area contributed by atoms with Gasteiger partial charge in [0.05, 0.1) is 30.3 Å². The second-order valence-electron chi connectivity index (χ2n) is 5.29. The van der Waals surface area contributed by atoms with Crippen molar-refractivity contribution >= 4 is 23.3 Å². The van der Waals surface area contributed by atoms with Crippen molar-refractivity contribution in [2.75, 3.05) is 24.9 Å². The zero-order valence-electron chi connectivity index (χ0n) is 13.7. The first-order chi connectivity index (χ1) is 12.1. The van der Waals surface area contributed by atoms with Gasteiger partial charge in [-0.1, -0.05) is 30.3 Å². The highest BCUT2D eigenvalue weighted by Crippen LogP contribution is 2.38. The molecule has 0 fully saturated rings. The minimum absolute atomic E-state index is 0.0192. The number of anilines is 1. The maximum absolute atomic E-state index is 11.5. The Bertz CT molecular complexity index is 708. The second kappa shape index (κ2) is 9.15. The van der Waals surface area contributed by atoms with E-state index in [1.54, 1.807) is 6.07 Å². The summed E-state index contributed by atoms with van der Waals surface area (Å²) < 4.78 is 11.1. The van der Waals surface area contributed by atoms with E-state index in [0.29, 0.717) is 12.4 Å². The largest absolute Gasteiger partial charge is 0.491 e. The predicted molar refractivity (Wildman–Crippen MR) is 95.9 cm³/mol. The zero-order valence-corrected chi connectivity index (χ0v) is 14.5. The summed E-state index contributed by atoms with van der Waals surface area (Å²) in [5.74, 6) is -0.422. The van der Waals surface area contributed by atoms with Gasteiger partial charge in [0, 0.05) is 6.54 Å². The number of aromatic carboxylic acids is 1. The van der Waals surface area contributed by atoms with E-state index in [0.717, 1.165) is 5.56 Å². The summed E-state index contributed by atoms with van der Waals surface area (Å²) in [5, 5.41) is 21.9. The summed E-state index contributed by atoms with van der Waals surface area (Å²) in [6.07, 6.45) is -0.818. The van der Waals surface area contributed by atoms with Gasteiger partial charge < -0.3 is 25.0 Å². The third kappa shape index (κ3) is 5.01. The normalized spacial score (nSPS) is 11.6. The van der Waals surface area contributed by atoms with Crippen molar-refractivity contribution in [3.8, 4) is 11.5 Å². The smallest absolute Gasteiger partial charge is 0.337 e. The Morgan fingerprint density at radius 1 is 1.24 bits per heavy atom. The number of carboxylic acid groups (broad SMARTS) is 1. The second-order valence-corrected chi connectivity index (χ2v) is 5.60. The van der Waals surface area contributed by atoms with Gasteiger partial charge in [0.25, 0.3) is 0 Å². The van der Waals surface area contributed by atoms with Crippen molar-refractivity contribution < 1.29 is 24.5 Å². The molecule has 0 aliphatic heterocycles. The molecule has 0 aliphatic carbocycles. The molecule has 2 rings (SSSR count). The first kappa shape index (κ1) is 18.9. The summed E-state index contributed by atoms with van der Waals surface area (Å²) in [7, 11) is 1.43. The maximum atomic E-state index is 11.5. The number of benzene rings is 2. The number of rotatable bonds is 9. The number of hydrogen-bond acceptors (Lipinski definition) is 5. The van der Waals surface area contributed by atoms with Gasteiger partial charge >= 0.3 is 5.97 Å². The lowest BCUT2D eigenvalue weighted by atomic mass is 10.1. The van der Waals surface area contributed by atoms with Crippen molar-refractivity contribution in [1.29, 1.82) is 0 Å². The van der Waals surface area contributed by atoms with E-state index >= 15 is 0 Å². The van der Waals surface area contributed by atoms with Crippen molar-refractivity contribution in [3.63, 3.8) is 0 Å². The molecule has 1 unspecified atom stereocenters. The molecule has 25 heavy (non-hydrogen) atoms. The van der Waals surface area contributed by atoms with Crippen LogP contribution in [0.3, 0.4) is 0 Å². The molecule has 0 aromatic heterocycles. The third-order valence-electron chi connectivity index (χ3n) is 3.49. The first-order valence-corrected chi connectivity index (χ1v) is 8.19. The van der Waals surface area contributed by atoms with Crippen LogP contribution in [0.15, 0.2) is 42.5 Å². The highest BCUT2D eigenvalue weighted by molar-refractivity contribution is 6.18. The minimum atomic E-state index is -1.12. The average molecular weight is 366 g/mol. The topological polar surface area (TPSA) is 88.0 Å². The average Bonchev–Trinajstić information content (AvgIpc) is 2.64. The number of aliphatic hydroxyl groups excluding tert-OH is 1. The van der Waals surface area contributed by atoms with Gasteiger partial charge in [-0.3, -0.25) is 0 Å². The lowest BCUT2D eigenvalue weighted by Gasteiger charge is -2.19. The molecule has 134 valence electrons. The van der Waals surface area contributed by atoms with Crippen molar-refractivity contribution in [3.05, 3.63) is 53.6 Å². The van der Waals surface area contributed by atoms with Crippen LogP contribution in [0.1, 0.15) is 15.9 Å². The van der Waals surface area contributed by atoms with Gasteiger partial charge in [-0.25, -0.2) is 4.79 Å². The van der Waals surface area contributed by atoms with E-state index in [9.17, 15) is 15.0 Å². The van der Waals surface area contributed by atoms with Crippen LogP contribution < -0.4 is 14.8 Å². The molecule has 0 saturated carbocycles. The molecule has 2 aromatic carbocycles. The molecule has 0 spiro atoms. The van der Waals surface area contributed by atoms with Crippen LogP contribution in [0.25, 0.3) is 0 Å². The lowest BCUT2D eigenvalue weighted by Crippen LogP contribution is -2.22. The molecule has 7 heteroatoms. The molecule has 0 saturated heterocycles. The maximum Gasteiger partial charge on any atom is 0.337 e. The Kier molecular flexibility index (Phi) is 6.91. The fourth-order valence-electron chi connectivity index (χ4n) is 2.24. The quantitative estimate of drug-likeness (QED) is 0.592. The van der Waals surface area contributed by atoms with Crippen LogP contribution in [0.2, 0.25) is 0 Å². The Balaban J connectivity index is 2.28. The summed E-state index contributed by atoms with van der Waals surface area (Å²) >= 11 is 5.58. The van der Waals surface area contributed by atoms with Gasteiger partial charge in [-0.15, -0.1) is 11.6 Å². The van der Waals surface area contributed by atoms with Crippen LogP contribution in [0.4, 0.5) is 5.69 Å². The number of methoxy groups -OCH3 is 1. The van der Waals surface area contributed by atoms with Gasteiger partial charge in [-0.2, -0.15) is 0 Å². The van der Waals surface area contributed by atoms with Crippen molar-refractivity contribution in [1.82, 2.24) is 0 Å². The van der Waals surface area contributed by atoms with E-state index in [-0.39, 0.29) is 29.4 Å². The fraction of sp³-hybridized carbons (Fsp3) is 0.278. The standard InChI is InChI=1S/C18H20ClNO5/c1-24-17-15(25-11-12-5-3-2-4-6-12)8-7-14(18(22)23)16(17)20-10-13(21)9-19/h2-8,13,20-21H,9-11H2,1H3,(H,22,23). The minimum Gasteiger partial charge on any atom is -0.491 e. The summed E-state index contributed by atoms with van der Waals surface area (Å²) in [6, 6.07) is 12.6. The Morgan fingerprint density at radius 2 is 1.96 bits per heavy atom. The SMILES string of the molecule is COc1c(OCc2ccccc2)ccc(C(=O)O)c1NCC(O)CCl. The molecular formula is C18H20ClNO5. The predicted octanol–water partition coefficient (Wildman–Crippen LogP) is 2.98. The number of aliphatic hydroxyl groups is 1. The van der Waals surface area contributed by atoms with Crippen molar-refractivity contribution in [2.45, 2.75) is 12.7 Å². The molecule has 0 bridgehead atoms. The van der Waals surface area contributed by atoms with E-state index in [1.165, 1.54) is 13.2 Å². The van der Waals surface area contributed by atoms with E-state index < -0.39 is 12.1 Å². The Labute approximate surface area is 151 Å². The van der Waals surface area contributed by atoms with Gasteiger partial charge in [0.1, 0.15) is 6.61 Å². The molecule has 0 amide bonds. The number of carbonyl (C=O) groups is 1. The molecule has 0 aliphatic rings. The van der Waals surface area contributed by atoms with Crippen LogP contribution in [0, 0.1) is 0 Å². The summed E-state index contributed by atoms with van der Waals surface area (Å²) in [6.45, 7) is 0.398. The van der Waals surface area contributed by atoms with Gasteiger partial charge in [0.2, 0.25) is 0 Å². The Morgan fingerprint density at radius 3 is 2.56 bits per heavy atom. The zero-order chi connectivity index (χ0) is 18.2. The van der Waals surface area contributed by atoms with Crippen LogP contribution in [0.5, 0.6) is 11.5 Å². The number of nitrogens with one attached hydrogen (secondary N) is 1. The van der Waals surface area contributed by atoms with Gasteiger partial charge in [0.15, 0.2) is 11.5 Å². The monoisotopic (exact) mass is 365 g/mol. The molecule has 1 atom stereocenters. The van der Waals surface area contributed by atoms with E-state index in [2.05, 4.69) is 5.32 Å². The fourth-order valence-corrected chi connectivity index (χ4v) is 2.35. The number of ether oxygens (including phenoxy) is 2. The summed E-state index contributed by atoms with van der Waals surface area (Å²) in [4.78, 5) is 11.5. The number of halogens is 1. The Hall–Kier alpha value is -2.44. The van der Waals surface area contributed by atoms with Crippen molar-refractivity contribution in [2.24, 2.45) is 0 Å². The van der Waals surface area contributed by atoms with E-state index in [1.807, 2.05) is 30.3 Å². The number of carboxylic acids is 1. The van der Waals surface area contributed by atoms with Crippen LogP contribution in [-0.2, 0) is 6.61 Å². The lowest BCUT2D eigenvalue weighted by molar-refractivity contribution is 0.0697. The molecule has 6 nitrogen and oxygen atoms in total. The van der Waals surface area contributed by atoms with Crippen LogP contribution in [-0.4, -0.2) is 41.8 Å². The molecular weight excluding hydrogens is 346 g/mol. The number of alkyl halides is 1. The van der Waals surface area contributed by atoms with E-state index in [4.69, 9.17) is 21.1 Å². The molecule has 3 N–H and O–H groups in total. The number of hydrogen-bond donors (Lipinski definition) is 3. The van der Waals surface area contributed by atoms with Crippen LogP contribution >= 0.6 is 11.6 Å². The van der Waals surface area contributed by atoms with Gasteiger partial charge in [-0.05, 0) is 17.7 Å². The molecule has 0 heterocycles. The molecule has 0 radical (unpaired) electrons. The molecule has 2 aromatic rings. The first-order valence-electron chi connectivity index (χ1n) is 7.65. The highest BCUT2D eigenvalue weighted by Gasteiger charge is 2.20.